The molecule has 14 heavy (non-hydrogen) atoms. The highest BCUT2D eigenvalue weighted by Gasteiger charge is 2.30. The molecule has 1 aliphatic carbocycles. The Labute approximate surface area is 86.8 Å². The van der Waals surface area contributed by atoms with Crippen molar-refractivity contribution in [3.8, 4) is 0 Å². The first-order valence-electron chi connectivity index (χ1n) is 5.76. The average Bonchev–Trinajstić information content (AvgIpc) is 2.15. The van der Waals surface area contributed by atoms with Gasteiger partial charge in [0, 0.05) is 32.3 Å². The van der Waals surface area contributed by atoms with Crippen molar-refractivity contribution in [3.05, 3.63) is 0 Å². The second-order valence-electron chi connectivity index (χ2n) is 4.64. The summed E-state index contributed by atoms with van der Waals surface area (Å²) in [6.45, 7) is 2.36. The summed E-state index contributed by atoms with van der Waals surface area (Å²) in [5.74, 6) is 0. The molecule has 0 spiro atoms. The lowest BCUT2D eigenvalue weighted by Gasteiger charge is -2.42. The van der Waals surface area contributed by atoms with Crippen molar-refractivity contribution in [1.82, 2.24) is 10.2 Å². The third-order valence-corrected chi connectivity index (χ3v) is 3.89. The van der Waals surface area contributed by atoms with E-state index in [2.05, 4.69) is 17.3 Å². The van der Waals surface area contributed by atoms with Crippen LogP contribution < -0.4 is 5.32 Å². The van der Waals surface area contributed by atoms with Crippen LogP contribution in [-0.2, 0) is 4.74 Å². The van der Waals surface area contributed by atoms with Gasteiger partial charge >= 0.3 is 0 Å². The van der Waals surface area contributed by atoms with E-state index in [9.17, 15) is 0 Å². The summed E-state index contributed by atoms with van der Waals surface area (Å²) in [7, 11) is 4.12. The van der Waals surface area contributed by atoms with Gasteiger partial charge < -0.3 is 10.1 Å². The van der Waals surface area contributed by atoms with Crippen LogP contribution in [0.3, 0.4) is 0 Å². The van der Waals surface area contributed by atoms with Crippen molar-refractivity contribution in [3.63, 3.8) is 0 Å². The molecule has 1 heterocycles. The van der Waals surface area contributed by atoms with E-state index < -0.39 is 0 Å². The van der Waals surface area contributed by atoms with E-state index >= 15 is 0 Å². The van der Waals surface area contributed by atoms with Crippen LogP contribution in [-0.4, -0.2) is 50.3 Å². The quantitative estimate of drug-likeness (QED) is 0.727. The van der Waals surface area contributed by atoms with Gasteiger partial charge in [0.15, 0.2) is 0 Å². The zero-order valence-corrected chi connectivity index (χ0v) is 9.33. The van der Waals surface area contributed by atoms with Gasteiger partial charge in [-0.3, -0.25) is 4.90 Å². The molecule has 1 saturated heterocycles. The first kappa shape index (κ1) is 10.4. The van der Waals surface area contributed by atoms with Gasteiger partial charge in [0.1, 0.15) is 0 Å². The number of nitrogens with zero attached hydrogens (tertiary/aromatic N) is 1. The number of rotatable bonds is 3. The highest BCUT2D eigenvalue weighted by Crippen LogP contribution is 2.25. The van der Waals surface area contributed by atoms with Crippen LogP contribution in [0.1, 0.15) is 25.7 Å². The Balaban J connectivity index is 1.76. The Bertz CT molecular complexity index is 174. The average molecular weight is 198 g/mol. The number of nitrogens with one attached hydrogen (secondary N) is 1. The van der Waals surface area contributed by atoms with Gasteiger partial charge in [0.25, 0.3) is 0 Å². The van der Waals surface area contributed by atoms with Crippen molar-refractivity contribution in [2.75, 3.05) is 27.2 Å². The lowest BCUT2D eigenvalue weighted by atomic mass is 9.90. The van der Waals surface area contributed by atoms with Crippen LogP contribution in [0, 0.1) is 0 Å². The molecule has 0 aromatic heterocycles. The Kier molecular flexibility index (Phi) is 3.42. The van der Waals surface area contributed by atoms with Gasteiger partial charge in [-0.1, -0.05) is 0 Å². The Hall–Kier alpha value is -0.120. The standard InChI is InChI=1S/C11H22N2O/c1-13(10-7-12-8-10)9-3-5-11(14-2)6-4-9/h9-12H,3-8H2,1-2H3. The fraction of sp³-hybridized carbons (Fsp3) is 1.00. The third-order valence-electron chi connectivity index (χ3n) is 3.89. The van der Waals surface area contributed by atoms with Crippen molar-refractivity contribution in [2.45, 2.75) is 43.9 Å². The molecule has 0 radical (unpaired) electrons. The van der Waals surface area contributed by atoms with Crippen LogP contribution in [0.15, 0.2) is 0 Å². The summed E-state index contributed by atoms with van der Waals surface area (Å²) < 4.78 is 5.39. The van der Waals surface area contributed by atoms with E-state index in [0.717, 1.165) is 12.1 Å². The molecular weight excluding hydrogens is 176 g/mol. The van der Waals surface area contributed by atoms with Crippen molar-refractivity contribution in [1.29, 1.82) is 0 Å². The summed E-state index contributed by atoms with van der Waals surface area (Å²) in [6.07, 6.45) is 5.63. The molecule has 0 amide bonds. The first-order valence-corrected chi connectivity index (χ1v) is 5.76. The van der Waals surface area contributed by atoms with E-state index in [1.807, 2.05) is 7.11 Å². The van der Waals surface area contributed by atoms with Gasteiger partial charge in [-0.2, -0.15) is 0 Å². The maximum absolute atomic E-state index is 5.39. The number of likely N-dealkylation sites (N-methyl/N-ethyl adjacent to an activating group) is 1. The molecule has 82 valence electrons. The molecular formula is C11H22N2O. The second kappa shape index (κ2) is 4.60. The van der Waals surface area contributed by atoms with Gasteiger partial charge in [0.2, 0.25) is 0 Å². The lowest BCUT2D eigenvalue weighted by Crippen LogP contribution is -2.59. The van der Waals surface area contributed by atoms with Gasteiger partial charge in [0.05, 0.1) is 6.10 Å². The predicted molar refractivity (Wildman–Crippen MR) is 57.5 cm³/mol. The number of methoxy groups -OCH3 is 1. The maximum atomic E-state index is 5.39. The Morgan fingerprint density at radius 2 is 1.71 bits per heavy atom. The fourth-order valence-electron chi connectivity index (χ4n) is 2.55. The maximum Gasteiger partial charge on any atom is 0.0572 e. The lowest BCUT2D eigenvalue weighted by molar-refractivity contribution is 0.0275. The first-order chi connectivity index (χ1) is 6.81. The predicted octanol–water partition coefficient (Wildman–Crippen LogP) is 0.848. The molecule has 0 atom stereocenters. The van der Waals surface area contributed by atoms with Crippen LogP contribution in [0.25, 0.3) is 0 Å². The van der Waals surface area contributed by atoms with Crippen LogP contribution in [0.4, 0.5) is 0 Å². The van der Waals surface area contributed by atoms with Crippen molar-refractivity contribution < 1.29 is 4.74 Å². The van der Waals surface area contributed by atoms with E-state index in [1.165, 1.54) is 38.8 Å². The summed E-state index contributed by atoms with van der Waals surface area (Å²) in [5.41, 5.74) is 0. The van der Waals surface area contributed by atoms with Crippen LogP contribution in [0.5, 0.6) is 0 Å². The topological polar surface area (TPSA) is 24.5 Å². The molecule has 0 aromatic carbocycles. The summed E-state index contributed by atoms with van der Waals surface area (Å²) >= 11 is 0. The molecule has 2 aliphatic rings. The van der Waals surface area contributed by atoms with Gasteiger partial charge in [-0.25, -0.2) is 0 Å². The smallest absolute Gasteiger partial charge is 0.0572 e. The molecule has 1 aliphatic heterocycles. The van der Waals surface area contributed by atoms with Crippen molar-refractivity contribution >= 4 is 0 Å². The molecule has 2 rings (SSSR count). The summed E-state index contributed by atoms with van der Waals surface area (Å²) in [5, 5.41) is 3.33. The SMILES string of the molecule is COC1CCC(N(C)C2CNC2)CC1. The highest BCUT2D eigenvalue weighted by molar-refractivity contribution is 4.88. The second-order valence-corrected chi connectivity index (χ2v) is 4.64. The van der Waals surface area contributed by atoms with E-state index in [0.29, 0.717) is 6.10 Å². The van der Waals surface area contributed by atoms with Crippen molar-refractivity contribution in [2.24, 2.45) is 0 Å². The molecule has 2 fully saturated rings. The van der Waals surface area contributed by atoms with E-state index in [1.54, 1.807) is 0 Å². The molecule has 0 unspecified atom stereocenters. The molecule has 3 heteroatoms. The van der Waals surface area contributed by atoms with Crippen LogP contribution >= 0.6 is 0 Å². The zero-order valence-electron chi connectivity index (χ0n) is 9.33. The number of hydrogen-bond donors (Lipinski definition) is 1. The zero-order chi connectivity index (χ0) is 9.97. The Morgan fingerprint density at radius 1 is 1.07 bits per heavy atom. The summed E-state index contributed by atoms with van der Waals surface area (Å²) in [6, 6.07) is 1.59. The number of hydrogen-bond acceptors (Lipinski definition) is 3. The molecule has 1 saturated carbocycles. The van der Waals surface area contributed by atoms with Crippen LogP contribution in [0.2, 0.25) is 0 Å². The van der Waals surface area contributed by atoms with E-state index in [4.69, 9.17) is 4.74 Å². The highest BCUT2D eigenvalue weighted by atomic mass is 16.5. The van der Waals surface area contributed by atoms with E-state index in [-0.39, 0.29) is 0 Å². The monoisotopic (exact) mass is 198 g/mol. The minimum atomic E-state index is 0.527. The molecule has 0 bridgehead atoms. The largest absolute Gasteiger partial charge is 0.381 e. The third kappa shape index (κ3) is 2.10. The Morgan fingerprint density at radius 3 is 2.14 bits per heavy atom. The molecule has 1 N–H and O–H groups in total. The van der Waals surface area contributed by atoms with Gasteiger partial charge in [-0.15, -0.1) is 0 Å². The number of ether oxygens (including phenoxy) is 1. The summed E-state index contributed by atoms with van der Waals surface area (Å²) in [4.78, 5) is 2.57. The normalized spacial score (nSPS) is 34.5. The van der Waals surface area contributed by atoms with Gasteiger partial charge in [-0.05, 0) is 32.7 Å². The molecule has 0 aromatic rings. The minimum absolute atomic E-state index is 0.527. The molecule has 3 nitrogen and oxygen atoms in total. The fourth-order valence-corrected chi connectivity index (χ4v) is 2.55. The minimum Gasteiger partial charge on any atom is -0.381 e.